The topological polar surface area (TPSA) is 29.5 Å². The Labute approximate surface area is 131 Å². The second kappa shape index (κ2) is 6.08. The average Bonchev–Trinajstić information content (AvgIpc) is 2.37. The third kappa shape index (κ3) is 3.78. The first-order valence-corrected chi connectivity index (χ1v) is 7.37. The molecular formula is C18H21ClO2. The van der Waals surface area contributed by atoms with Crippen molar-refractivity contribution in [2.45, 2.75) is 39.7 Å². The molecule has 0 unspecified atom stereocenters. The zero-order chi connectivity index (χ0) is 15.6. The molecule has 21 heavy (non-hydrogen) atoms. The van der Waals surface area contributed by atoms with Crippen molar-refractivity contribution in [3.63, 3.8) is 0 Å². The van der Waals surface area contributed by atoms with Gasteiger partial charge in [-0.1, -0.05) is 50.6 Å². The minimum Gasteiger partial charge on any atom is -0.457 e. The van der Waals surface area contributed by atoms with Gasteiger partial charge in [-0.05, 0) is 36.1 Å². The zero-order valence-corrected chi connectivity index (χ0v) is 13.7. The van der Waals surface area contributed by atoms with E-state index in [9.17, 15) is 5.11 Å². The van der Waals surface area contributed by atoms with Crippen LogP contribution in [0.2, 0.25) is 5.02 Å². The van der Waals surface area contributed by atoms with Gasteiger partial charge in [0, 0.05) is 16.1 Å². The van der Waals surface area contributed by atoms with Crippen LogP contribution in [0.25, 0.3) is 0 Å². The monoisotopic (exact) mass is 304 g/mol. The lowest BCUT2D eigenvalue weighted by atomic mass is 9.86. The molecule has 0 saturated heterocycles. The van der Waals surface area contributed by atoms with Gasteiger partial charge in [0.1, 0.15) is 11.5 Å². The van der Waals surface area contributed by atoms with Gasteiger partial charge in [-0.15, -0.1) is 0 Å². The van der Waals surface area contributed by atoms with Gasteiger partial charge >= 0.3 is 0 Å². The molecule has 0 heterocycles. The fourth-order valence-corrected chi connectivity index (χ4v) is 2.37. The quantitative estimate of drug-likeness (QED) is 0.841. The number of hydrogen-bond donors (Lipinski definition) is 1. The second-order valence-corrected chi connectivity index (χ2v) is 6.70. The third-order valence-electron chi connectivity index (χ3n) is 3.36. The summed E-state index contributed by atoms with van der Waals surface area (Å²) in [6.45, 7) is 8.40. The molecule has 2 nitrogen and oxygen atoms in total. The lowest BCUT2D eigenvalue weighted by Crippen LogP contribution is -2.12. The predicted molar refractivity (Wildman–Crippen MR) is 87.3 cm³/mol. The van der Waals surface area contributed by atoms with Gasteiger partial charge in [0.25, 0.3) is 0 Å². The van der Waals surface area contributed by atoms with Crippen molar-refractivity contribution in [2.24, 2.45) is 0 Å². The van der Waals surface area contributed by atoms with Crippen LogP contribution in [-0.2, 0) is 12.0 Å². The molecule has 0 aromatic heterocycles. The van der Waals surface area contributed by atoms with Crippen LogP contribution in [0.3, 0.4) is 0 Å². The molecule has 0 amide bonds. The number of aliphatic hydroxyl groups excluding tert-OH is 1. The molecule has 0 saturated carbocycles. The van der Waals surface area contributed by atoms with E-state index in [2.05, 4.69) is 32.9 Å². The van der Waals surface area contributed by atoms with E-state index in [1.54, 1.807) is 18.2 Å². The number of rotatable bonds is 3. The Hall–Kier alpha value is -1.51. The van der Waals surface area contributed by atoms with Crippen molar-refractivity contribution in [1.29, 1.82) is 0 Å². The minimum atomic E-state index is -0.0802. The van der Waals surface area contributed by atoms with Crippen molar-refractivity contribution in [1.82, 2.24) is 0 Å². The highest BCUT2D eigenvalue weighted by molar-refractivity contribution is 6.30. The highest BCUT2D eigenvalue weighted by Crippen LogP contribution is 2.36. The second-order valence-electron chi connectivity index (χ2n) is 6.26. The molecule has 1 N–H and O–H groups in total. The Morgan fingerprint density at radius 1 is 1.05 bits per heavy atom. The highest BCUT2D eigenvalue weighted by Gasteiger charge is 2.20. The van der Waals surface area contributed by atoms with Crippen molar-refractivity contribution in [3.05, 3.63) is 58.1 Å². The molecule has 0 bridgehead atoms. The van der Waals surface area contributed by atoms with Gasteiger partial charge in [0.2, 0.25) is 0 Å². The fourth-order valence-electron chi connectivity index (χ4n) is 2.21. The summed E-state index contributed by atoms with van der Waals surface area (Å²) in [5, 5.41) is 10.0. The fraction of sp³-hybridized carbons (Fsp3) is 0.333. The Balaban J connectivity index is 2.49. The van der Waals surface area contributed by atoms with E-state index in [0.29, 0.717) is 10.8 Å². The predicted octanol–water partition coefficient (Wildman–Crippen LogP) is 5.23. The van der Waals surface area contributed by atoms with Crippen LogP contribution >= 0.6 is 11.6 Å². The van der Waals surface area contributed by atoms with Crippen LogP contribution in [0.1, 0.15) is 37.5 Å². The molecule has 2 aromatic carbocycles. The van der Waals surface area contributed by atoms with Gasteiger partial charge < -0.3 is 9.84 Å². The lowest BCUT2D eigenvalue weighted by molar-refractivity contribution is 0.276. The molecule has 0 radical (unpaired) electrons. The number of ether oxygens (including phenoxy) is 1. The number of benzene rings is 2. The van der Waals surface area contributed by atoms with E-state index in [4.69, 9.17) is 16.3 Å². The van der Waals surface area contributed by atoms with E-state index in [-0.39, 0.29) is 12.0 Å². The summed E-state index contributed by atoms with van der Waals surface area (Å²) in [6, 6.07) is 11.5. The molecular weight excluding hydrogens is 284 g/mol. The first-order valence-electron chi connectivity index (χ1n) is 6.99. The number of halogens is 1. The summed E-state index contributed by atoms with van der Waals surface area (Å²) in [5.74, 6) is 1.40. The van der Waals surface area contributed by atoms with Gasteiger partial charge in [0.15, 0.2) is 0 Å². The van der Waals surface area contributed by atoms with E-state index in [1.165, 1.54) is 0 Å². The normalized spacial score (nSPS) is 11.5. The SMILES string of the molecule is Cc1ccc(C(C)(C)C)c(Oc2cc(Cl)ccc2CO)c1. The van der Waals surface area contributed by atoms with Crippen molar-refractivity contribution >= 4 is 11.6 Å². The van der Waals surface area contributed by atoms with Crippen molar-refractivity contribution in [2.75, 3.05) is 0 Å². The van der Waals surface area contributed by atoms with E-state index >= 15 is 0 Å². The molecule has 0 aliphatic carbocycles. The third-order valence-corrected chi connectivity index (χ3v) is 3.60. The standard InChI is InChI=1S/C18H21ClO2/c1-12-5-8-15(18(2,3)4)17(9-12)21-16-10-14(19)7-6-13(16)11-20/h5-10,20H,11H2,1-4H3. The summed E-state index contributed by atoms with van der Waals surface area (Å²) in [5.41, 5.74) is 2.95. The average molecular weight is 305 g/mol. The molecule has 0 spiro atoms. The maximum atomic E-state index is 9.45. The summed E-state index contributed by atoms with van der Waals surface area (Å²) >= 11 is 6.04. The van der Waals surface area contributed by atoms with Crippen LogP contribution in [0, 0.1) is 6.92 Å². The zero-order valence-electron chi connectivity index (χ0n) is 12.9. The summed E-state index contributed by atoms with van der Waals surface area (Å²) in [6.07, 6.45) is 0. The maximum Gasteiger partial charge on any atom is 0.134 e. The van der Waals surface area contributed by atoms with Gasteiger partial charge in [-0.3, -0.25) is 0 Å². The molecule has 0 aliphatic rings. The van der Waals surface area contributed by atoms with Crippen molar-refractivity contribution in [3.8, 4) is 11.5 Å². The molecule has 0 fully saturated rings. The van der Waals surface area contributed by atoms with Gasteiger partial charge in [-0.25, -0.2) is 0 Å². The Kier molecular flexibility index (Phi) is 4.60. The Bertz CT molecular complexity index is 642. The maximum absolute atomic E-state index is 9.45. The van der Waals surface area contributed by atoms with E-state index < -0.39 is 0 Å². The molecule has 0 atom stereocenters. The van der Waals surface area contributed by atoms with Gasteiger partial charge in [0.05, 0.1) is 6.61 Å². The number of aliphatic hydroxyl groups is 1. The smallest absolute Gasteiger partial charge is 0.134 e. The molecule has 2 rings (SSSR count). The largest absolute Gasteiger partial charge is 0.457 e. The summed E-state index contributed by atoms with van der Waals surface area (Å²) in [4.78, 5) is 0. The molecule has 3 heteroatoms. The molecule has 112 valence electrons. The van der Waals surface area contributed by atoms with Crippen LogP contribution in [0.5, 0.6) is 11.5 Å². The van der Waals surface area contributed by atoms with Crippen LogP contribution in [0.4, 0.5) is 0 Å². The number of aryl methyl sites for hydroxylation is 1. The summed E-state index contributed by atoms with van der Waals surface area (Å²) < 4.78 is 6.08. The first kappa shape index (κ1) is 15.9. The molecule has 0 aliphatic heterocycles. The van der Waals surface area contributed by atoms with Crippen LogP contribution < -0.4 is 4.74 Å². The first-order chi connectivity index (χ1) is 9.81. The molecule has 2 aromatic rings. The highest BCUT2D eigenvalue weighted by atomic mass is 35.5. The number of hydrogen-bond acceptors (Lipinski definition) is 2. The Morgan fingerprint density at radius 2 is 1.76 bits per heavy atom. The summed E-state index contributed by atoms with van der Waals surface area (Å²) in [7, 11) is 0. The van der Waals surface area contributed by atoms with E-state index in [1.807, 2.05) is 13.0 Å². The van der Waals surface area contributed by atoms with Crippen molar-refractivity contribution < 1.29 is 9.84 Å². The van der Waals surface area contributed by atoms with Gasteiger partial charge in [-0.2, -0.15) is 0 Å². The van der Waals surface area contributed by atoms with E-state index in [0.717, 1.165) is 22.4 Å². The Morgan fingerprint density at radius 3 is 2.38 bits per heavy atom. The minimum absolute atomic E-state index is 0.0268. The lowest BCUT2D eigenvalue weighted by Gasteiger charge is -2.23. The van der Waals surface area contributed by atoms with Crippen LogP contribution in [-0.4, -0.2) is 5.11 Å². The van der Waals surface area contributed by atoms with Crippen LogP contribution in [0.15, 0.2) is 36.4 Å².